The van der Waals surface area contributed by atoms with Gasteiger partial charge in [0.1, 0.15) is 6.29 Å². The van der Waals surface area contributed by atoms with Crippen molar-refractivity contribution in [3.05, 3.63) is 41.6 Å². The van der Waals surface area contributed by atoms with Gasteiger partial charge in [-0.1, -0.05) is 6.07 Å². The van der Waals surface area contributed by atoms with Crippen molar-refractivity contribution >= 4 is 18.9 Å². The van der Waals surface area contributed by atoms with Gasteiger partial charge in [0.25, 0.3) is 0 Å². The molecule has 0 N–H and O–H groups in total. The molecule has 0 bridgehead atoms. The summed E-state index contributed by atoms with van der Waals surface area (Å²) in [5, 5.41) is 0. The molecule has 142 valence electrons. The van der Waals surface area contributed by atoms with Crippen molar-refractivity contribution in [2.75, 3.05) is 7.11 Å². The predicted octanol–water partition coefficient (Wildman–Crippen LogP) is 3.30. The standard InChI is InChI=1S/C20H24BNO5/c1-13-8-7-9-18(22-13)25-17-10-14(12-23)15(11-16(17)24-6)21-26-19(2,3)20(4,5)27-21/h7-12H,1-6H3. The van der Waals surface area contributed by atoms with E-state index in [2.05, 4.69) is 4.98 Å². The van der Waals surface area contributed by atoms with Crippen LogP contribution in [0.3, 0.4) is 0 Å². The van der Waals surface area contributed by atoms with Crippen molar-refractivity contribution in [3.63, 3.8) is 0 Å². The number of hydrogen-bond donors (Lipinski definition) is 0. The van der Waals surface area contributed by atoms with E-state index in [1.165, 1.54) is 0 Å². The minimum atomic E-state index is -0.671. The molecule has 3 rings (SSSR count). The molecule has 6 nitrogen and oxygen atoms in total. The minimum Gasteiger partial charge on any atom is -0.493 e. The minimum absolute atomic E-state index is 0.401. The first-order valence-corrected chi connectivity index (χ1v) is 8.81. The highest BCUT2D eigenvalue weighted by molar-refractivity contribution is 6.63. The fourth-order valence-corrected chi connectivity index (χ4v) is 2.79. The number of nitrogens with zero attached hydrogens (tertiary/aromatic N) is 1. The van der Waals surface area contributed by atoms with E-state index in [-0.39, 0.29) is 0 Å². The summed E-state index contributed by atoms with van der Waals surface area (Å²) in [6.45, 7) is 9.73. The third kappa shape index (κ3) is 3.70. The molecule has 2 heterocycles. The highest BCUT2D eigenvalue weighted by atomic mass is 16.7. The molecule has 0 radical (unpaired) electrons. The lowest BCUT2D eigenvalue weighted by Gasteiger charge is -2.32. The van der Waals surface area contributed by atoms with Gasteiger partial charge >= 0.3 is 7.12 Å². The second-order valence-corrected chi connectivity index (χ2v) is 7.56. The van der Waals surface area contributed by atoms with Crippen LogP contribution < -0.4 is 14.9 Å². The SMILES string of the molecule is COc1cc(B2OC(C)(C)C(C)(C)O2)c(C=O)cc1Oc1cccc(C)n1. The number of pyridine rings is 1. The van der Waals surface area contributed by atoms with Crippen molar-refractivity contribution in [1.82, 2.24) is 4.98 Å². The largest absolute Gasteiger partial charge is 0.495 e. The second-order valence-electron chi connectivity index (χ2n) is 7.56. The number of benzene rings is 1. The van der Waals surface area contributed by atoms with E-state index in [0.29, 0.717) is 28.4 Å². The van der Waals surface area contributed by atoms with Crippen LogP contribution in [0.1, 0.15) is 43.7 Å². The van der Waals surface area contributed by atoms with Crippen molar-refractivity contribution in [3.8, 4) is 17.4 Å². The summed E-state index contributed by atoms with van der Waals surface area (Å²) in [5.74, 6) is 1.29. The number of hydrogen-bond acceptors (Lipinski definition) is 6. The number of aromatic nitrogens is 1. The van der Waals surface area contributed by atoms with Gasteiger partial charge in [-0.2, -0.15) is 0 Å². The highest BCUT2D eigenvalue weighted by Crippen LogP contribution is 2.38. The average Bonchev–Trinajstić information content (AvgIpc) is 2.82. The summed E-state index contributed by atoms with van der Waals surface area (Å²) in [4.78, 5) is 16.1. The van der Waals surface area contributed by atoms with E-state index in [1.807, 2.05) is 46.8 Å². The highest BCUT2D eigenvalue weighted by Gasteiger charge is 2.52. The normalized spacial score (nSPS) is 17.6. The fraction of sp³-hybridized carbons (Fsp3) is 0.400. The maximum Gasteiger partial charge on any atom is 0.495 e. The molecule has 7 heteroatoms. The Hall–Kier alpha value is -2.38. The summed E-state index contributed by atoms with van der Waals surface area (Å²) >= 11 is 0. The van der Waals surface area contributed by atoms with Gasteiger partial charge in [0.2, 0.25) is 5.88 Å². The molecule has 1 aliphatic rings. The Morgan fingerprint density at radius 1 is 1.07 bits per heavy atom. The topological polar surface area (TPSA) is 66.9 Å². The third-order valence-electron chi connectivity index (χ3n) is 5.08. The molecule has 1 aromatic carbocycles. The molecule has 1 saturated heterocycles. The molecule has 1 fully saturated rings. The third-order valence-corrected chi connectivity index (χ3v) is 5.08. The van der Waals surface area contributed by atoms with Gasteiger partial charge in [-0.05, 0) is 58.3 Å². The zero-order valence-electron chi connectivity index (χ0n) is 16.5. The molecule has 2 aromatic rings. The van der Waals surface area contributed by atoms with Crippen molar-refractivity contribution in [2.45, 2.75) is 45.8 Å². The van der Waals surface area contributed by atoms with Crippen LogP contribution in [0.4, 0.5) is 0 Å². The number of ether oxygens (including phenoxy) is 2. The first-order valence-electron chi connectivity index (χ1n) is 8.81. The molecular formula is C20H24BNO5. The van der Waals surface area contributed by atoms with Crippen molar-refractivity contribution in [2.24, 2.45) is 0 Å². The molecule has 0 spiro atoms. The Morgan fingerprint density at radius 3 is 2.30 bits per heavy atom. The molecule has 0 saturated carbocycles. The van der Waals surface area contributed by atoms with E-state index in [0.717, 1.165) is 12.0 Å². The van der Waals surface area contributed by atoms with Gasteiger partial charge < -0.3 is 18.8 Å². The summed E-state index contributed by atoms with van der Waals surface area (Å²) in [6, 6.07) is 8.81. The summed E-state index contributed by atoms with van der Waals surface area (Å²) in [6.07, 6.45) is 0.760. The first kappa shape index (κ1) is 19.4. The Morgan fingerprint density at radius 2 is 1.74 bits per heavy atom. The van der Waals surface area contributed by atoms with E-state index in [9.17, 15) is 4.79 Å². The van der Waals surface area contributed by atoms with E-state index in [4.69, 9.17) is 18.8 Å². The van der Waals surface area contributed by atoms with Crippen molar-refractivity contribution in [1.29, 1.82) is 0 Å². The van der Waals surface area contributed by atoms with Crippen LogP contribution in [0.15, 0.2) is 30.3 Å². The van der Waals surface area contributed by atoms with Gasteiger partial charge in [0, 0.05) is 17.3 Å². The maximum absolute atomic E-state index is 11.7. The summed E-state index contributed by atoms with van der Waals surface area (Å²) in [5.41, 5.74) is 0.829. The van der Waals surface area contributed by atoms with Gasteiger partial charge in [-0.3, -0.25) is 4.79 Å². The molecular weight excluding hydrogens is 345 g/mol. The smallest absolute Gasteiger partial charge is 0.493 e. The zero-order chi connectivity index (χ0) is 19.8. The van der Waals surface area contributed by atoms with Gasteiger partial charge in [0.15, 0.2) is 11.5 Å². The second kappa shape index (κ2) is 6.98. The molecule has 1 aromatic heterocycles. The Labute approximate surface area is 159 Å². The van der Waals surface area contributed by atoms with E-state index >= 15 is 0 Å². The van der Waals surface area contributed by atoms with Crippen LogP contribution in [-0.4, -0.2) is 36.7 Å². The van der Waals surface area contributed by atoms with Crippen LogP contribution in [0.2, 0.25) is 0 Å². The lowest BCUT2D eigenvalue weighted by Crippen LogP contribution is -2.41. The predicted molar refractivity (Wildman–Crippen MR) is 103 cm³/mol. The van der Waals surface area contributed by atoms with E-state index in [1.54, 1.807) is 25.3 Å². The lowest BCUT2D eigenvalue weighted by molar-refractivity contribution is 0.00578. The van der Waals surface area contributed by atoms with Crippen LogP contribution in [-0.2, 0) is 9.31 Å². The number of carbonyl (C=O) groups excluding carboxylic acids is 1. The molecule has 0 aliphatic carbocycles. The number of rotatable bonds is 5. The van der Waals surface area contributed by atoms with E-state index < -0.39 is 18.3 Å². The average molecular weight is 369 g/mol. The summed E-state index contributed by atoms with van der Waals surface area (Å²) in [7, 11) is 0.871. The Kier molecular flexibility index (Phi) is 5.01. The Bertz CT molecular complexity index is 849. The molecule has 1 aliphatic heterocycles. The van der Waals surface area contributed by atoms with Gasteiger partial charge in [-0.15, -0.1) is 0 Å². The molecule has 0 atom stereocenters. The van der Waals surface area contributed by atoms with Gasteiger partial charge in [0.05, 0.1) is 18.3 Å². The van der Waals surface area contributed by atoms with Crippen LogP contribution >= 0.6 is 0 Å². The molecule has 0 unspecified atom stereocenters. The monoisotopic (exact) mass is 369 g/mol. The number of aryl methyl sites for hydroxylation is 1. The number of aldehydes is 1. The van der Waals surface area contributed by atoms with Crippen LogP contribution in [0.25, 0.3) is 0 Å². The number of methoxy groups -OCH3 is 1. The lowest BCUT2D eigenvalue weighted by atomic mass is 9.76. The van der Waals surface area contributed by atoms with Crippen LogP contribution in [0, 0.1) is 6.92 Å². The van der Waals surface area contributed by atoms with Gasteiger partial charge in [-0.25, -0.2) is 4.98 Å². The Balaban J connectivity index is 1.99. The van der Waals surface area contributed by atoms with Crippen LogP contribution in [0.5, 0.6) is 17.4 Å². The molecule has 0 amide bonds. The fourth-order valence-electron chi connectivity index (χ4n) is 2.79. The number of carbonyl (C=O) groups is 1. The summed E-state index contributed by atoms with van der Waals surface area (Å²) < 4.78 is 23.5. The first-order chi connectivity index (χ1) is 12.7. The zero-order valence-corrected chi connectivity index (χ0v) is 16.5. The molecule has 27 heavy (non-hydrogen) atoms. The quantitative estimate of drug-likeness (QED) is 0.595. The van der Waals surface area contributed by atoms with Crippen molar-refractivity contribution < 1.29 is 23.6 Å². The maximum atomic E-state index is 11.7.